The number of carboxylic acid groups (broad SMARTS) is 1. The summed E-state index contributed by atoms with van der Waals surface area (Å²) in [5, 5.41) is 11.7. The number of ether oxygens (including phenoxy) is 2. The van der Waals surface area contributed by atoms with Crippen LogP contribution in [0, 0.1) is 17.8 Å². The maximum absolute atomic E-state index is 11.8. The van der Waals surface area contributed by atoms with Crippen LogP contribution in [0.15, 0.2) is 0 Å². The SMILES string of the molecule is CCCC[C@@H](C)[C@@H](C)[C@H](CNC(=O)O[C@@H](C)OC(=O)CC)CC(=O)O. The molecule has 7 nitrogen and oxygen atoms in total. The molecule has 0 aliphatic heterocycles. The summed E-state index contributed by atoms with van der Waals surface area (Å²) in [4.78, 5) is 34.1. The molecule has 0 saturated carbocycles. The molecule has 0 unspecified atom stereocenters. The molecule has 0 aliphatic carbocycles. The van der Waals surface area contributed by atoms with E-state index in [4.69, 9.17) is 14.6 Å². The molecule has 0 fully saturated rings. The van der Waals surface area contributed by atoms with Crippen LogP contribution in [0.25, 0.3) is 0 Å². The van der Waals surface area contributed by atoms with Gasteiger partial charge in [0.2, 0.25) is 6.29 Å². The molecule has 0 aromatic carbocycles. The van der Waals surface area contributed by atoms with Crippen LogP contribution in [-0.2, 0) is 19.1 Å². The zero-order valence-electron chi connectivity index (χ0n) is 16.0. The van der Waals surface area contributed by atoms with Crippen LogP contribution in [0.1, 0.15) is 66.7 Å². The highest BCUT2D eigenvalue weighted by Crippen LogP contribution is 2.27. The lowest BCUT2D eigenvalue weighted by atomic mass is 9.79. The second kappa shape index (κ2) is 12.6. The highest BCUT2D eigenvalue weighted by atomic mass is 16.7. The van der Waals surface area contributed by atoms with Crippen LogP contribution in [-0.4, -0.2) is 36.0 Å². The van der Waals surface area contributed by atoms with E-state index in [-0.39, 0.29) is 31.2 Å². The van der Waals surface area contributed by atoms with Gasteiger partial charge in [0, 0.05) is 19.9 Å². The number of rotatable bonds is 12. The number of aliphatic carboxylic acids is 1. The molecule has 0 radical (unpaired) electrons. The molecule has 2 N–H and O–H groups in total. The van der Waals surface area contributed by atoms with Crippen LogP contribution in [0.4, 0.5) is 4.79 Å². The predicted molar refractivity (Wildman–Crippen MR) is 93.9 cm³/mol. The third kappa shape index (κ3) is 10.6. The first kappa shape index (κ1) is 23.2. The van der Waals surface area contributed by atoms with Crippen molar-refractivity contribution < 1.29 is 29.0 Å². The number of hydrogen-bond donors (Lipinski definition) is 2. The van der Waals surface area contributed by atoms with Gasteiger partial charge in [0.05, 0.1) is 6.42 Å². The molecule has 0 spiro atoms. The van der Waals surface area contributed by atoms with Crippen molar-refractivity contribution in [1.29, 1.82) is 0 Å². The maximum Gasteiger partial charge on any atom is 0.410 e. The molecule has 146 valence electrons. The Morgan fingerprint density at radius 3 is 2.24 bits per heavy atom. The number of carboxylic acids is 1. The molecule has 1 amide bonds. The van der Waals surface area contributed by atoms with Gasteiger partial charge in [-0.05, 0) is 17.8 Å². The zero-order valence-corrected chi connectivity index (χ0v) is 16.0. The van der Waals surface area contributed by atoms with Gasteiger partial charge in [0.15, 0.2) is 0 Å². The summed E-state index contributed by atoms with van der Waals surface area (Å²) in [6.07, 6.45) is 1.70. The molecule has 0 aromatic rings. The van der Waals surface area contributed by atoms with Gasteiger partial charge in [-0.3, -0.25) is 9.59 Å². The number of alkyl carbamates (subject to hydrolysis) is 1. The van der Waals surface area contributed by atoms with Crippen molar-refractivity contribution >= 4 is 18.0 Å². The number of amides is 1. The predicted octanol–water partition coefficient (Wildman–Crippen LogP) is 3.57. The number of unbranched alkanes of at least 4 members (excludes halogenated alkanes) is 1. The smallest absolute Gasteiger partial charge is 0.410 e. The molecular weight excluding hydrogens is 326 g/mol. The van der Waals surface area contributed by atoms with E-state index in [9.17, 15) is 14.4 Å². The third-order valence-corrected chi connectivity index (χ3v) is 4.46. The molecule has 7 heteroatoms. The number of carbonyl (C=O) groups is 3. The Kier molecular flexibility index (Phi) is 11.7. The van der Waals surface area contributed by atoms with Crippen LogP contribution in [0.3, 0.4) is 0 Å². The Morgan fingerprint density at radius 2 is 1.72 bits per heavy atom. The summed E-state index contributed by atoms with van der Waals surface area (Å²) < 4.78 is 9.80. The average molecular weight is 359 g/mol. The highest BCUT2D eigenvalue weighted by molar-refractivity contribution is 5.70. The second-order valence-electron chi connectivity index (χ2n) is 6.53. The minimum absolute atomic E-state index is 0.0156. The van der Waals surface area contributed by atoms with E-state index >= 15 is 0 Å². The van der Waals surface area contributed by atoms with E-state index in [1.807, 2.05) is 6.92 Å². The first-order valence-electron chi connectivity index (χ1n) is 9.06. The van der Waals surface area contributed by atoms with E-state index in [2.05, 4.69) is 19.2 Å². The van der Waals surface area contributed by atoms with Crippen LogP contribution in [0.5, 0.6) is 0 Å². The first-order chi connectivity index (χ1) is 11.7. The van der Waals surface area contributed by atoms with Crippen LogP contribution < -0.4 is 5.32 Å². The molecule has 0 rings (SSSR count). The lowest BCUT2D eigenvalue weighted by Gasteiger charge is -2.28. The zero-order chi connectivity index (χ0) is 19.4. The van der Waals surface area contributed by atoms with E-state index < -0.39 is 24.3 Å². The van der Waals surface area contributed by atoms with Gasteiger partial charge in [-0.1, -0.05) is 47.0 Å². The minimum Gasteiger partial charge on any atom is -0.481 e. The van der Waals surface area contributed by atoms with Crippen molar-refractivity contribution in [2.45, 2.75) is 73.0 Å². The Balaban J connectivity index is 4.53. The number of esters is 1. The number of hydrogen-bond acceptors (Lipinski definition) is 5. The van der Waals surface area contributed by atoms with Crippen molar-refractivity contribution in [3.63, 3.8) is 0 Å². The largest absolute Gasteiger partial charge is 0.481 e. The van der Waals surface area contributed by atoms with Gasteiger partial charge in [-0.15, -0.1) is 0 Å². The van der Waals surface area contributed by atoms with Crippen molar-refractivity contribution in [3.8, 4) is 0 Å². The number of carbonyl (C=O) groups excluding carboxylic acids is 2. The van der Waals surface area contributed by atoms with E-state index in [0.717, 1.165) is 19.3 Å². The average Bonchev–Trinajstić information content (AvgIpc) is 2.54. The molecule has 0 aliphatic rings. The lowest BCUT2D eigenvalue weighted by Crippen LogP contribution is -2.37. The first-order valence-corrected chi connectivity index (χ1v) is 9.06. The van der Waals surface area contributed by atoms with E-state index in [1.54, 1.807) is 6.92 Å². The third-order valence-electron chi connectivity index (χ3n) is 4.46. The molecular formula is C18H33NO6. The van der Waals surface area contributed by atoms with Crippen molar-refractivity contribution in [2.75, 3.05) is 6.54 Å². The molecule has 4 atom stereocenters. The molecule has 0 saturated heterocycles. The normalized spacial score (nSPS) is 15.6. The fourth-order valence-corrected chi connectivity index (χ4v) is 2.62. The van der Waals surface area contributed by atoms with E-state index in [0.29, 0.717) is 5.92 Å². The van der Waals surface area contributed by atoms with Crippen LogP contribution in [0.2, 0.25) is 0 Å². The topological polar surface area (TPSA) is 102 Å². The Hall–Kier alpha value is -1.79. The van der Waals surface area contributed by atoms with Crippen LogP contribution >= 0.6 is 0 Å². The quantitative estimate of drug-likeness (QED) is 0.408. The van der Waals surface area contributed by atoms with Crippen molar-refractivity contribution in [3.05, 3.63) is 0 Å². The van der Waals surface area contributed by atoms with Gasteiger partial charge in [-0.2, -0.15) is 0 Å². The summed E-state index contributed by atoms with van der Waals surface area (Å²) in [7, 11) is 0. The van der Waals surface area contributed by atoms with Gasteiger partial charge >= 0.3 is 18.0 Å². The summed E-state index contributed by atoms with van der Waals surface area (Å²) in [6.45, 7) is 9.56. The maximum atomic E-state index is 11.8. The summed E-state index contributed by atoms with van der Waals surface area (Å²) >= 11 is 0. The summed E-state index contributed by atoms with van der Waals surface area (Å²) in [6, 6.07) is 0. The van der Waals surface area contributed by atoms with Gasteiger partial charge in [-0.25, -0.2) is 4.79 Å². The van der Waals surface area contributed by atoms with Gasteiger partial charge < -0.3 is 19.9 Å². The standard InChI is InChI=1S/C18H33NO6/c1-6-8-9-12(3)13(4)15(10-16(20)21)11-19-18(23)25-14(5)24-17(22)7-2/h12-15H,6-11H2,1-5H3,(H,19,23)(H,20,21)/t12-,13-,14+,15+/m1/s1. The minimum atomic E-state index is -0.980. The second-order valence-corrected chi connectivity index (χ2v) is 6.53. The molecule has 0 bridgehead atoms. The van der Waals surface area contributed by atoms with E-state index in [1.165, 1.54) is 6.92 Å². The highest BCUT2D eigenvalue weighted by Gasteiger charge is 2.26. The monoisotopic (exact) mass is 359 g/mol. The fourth-order valence-electron chi connectivity index (χ4n) is 2.62. The van der Waals surface area contributed by atoms with Crippen molar-refractivity contribution in [2.24, 2.45) is 17.8 Å². The fraction of sp³-hybridized carbons (Fsp3) is 0.833. The molecule has 25 heavy (non-hydrogen) atoms. The molecule has 0 heterocycles. The Morgan fingerprint density at radius 1 is 1.08 bits per heavy atom. The van der Waals surface area contributed by atoms with Gasteiger partial charge in [0.1, 0.15) is 0 Å². The lowest BCUT2D eigenvalue weighted by molar-refractivity contribution is -0.164. The summed E-state index contributed by atoms with van der Waals surface area (Å²) in [5.74, 6) is -1.02. The Labute approximate surface area is 150 Å². The Bertz CT molecular complexity index is 426. The number of nitrogens with one attached hydrogen (secondary N) is 1. The molecule has 0 aromatic heterocycles. The summed E-state index contributed by atoms with van der Waals surface area (Å²) in [5.41, 5.74) is 0. The van der Waals surface area contributed by atoms with Gasteiger partial charge in [0.25, 0.3) is 0 Å². The van der Waals surface area contributed by atoms with Crippen molar-refractivity contribution in [1.82, 2.24) is 5.32 Å².